The van der Waals surface area contributed by atoms with E-state index in [1.54, 1.807) is 6.20 Å². The van der Waals surface area contributed by atoms with Crippen molar-refractivity contribution in [2.75, 3.05) is 6.54 Å². The number of hydrogen-bond acceptors (Lipinski definition) is 2. The molecule has 0 amide bonds. The quantitative estimate of drug-likeness (QED) is 0.836. The molecular weight excluding hydrogens is 200 g/mol. The van der Waals surface area contributed by atoms with Crippen molar-refractivity contribution in [2.24, 2.45) is 0 Å². The summed E-state index contributed by atoms with van der Waals surface area (Å²) in [7, 11) is 0. The molecule has 1 N–H and O–H groups in total. The van der Waals surface area contributed by atoms with E-state index in [-0.39, 0.29) is 12.1 Å². The average molecular weight is 217 g/mol. The van der Waals surface area contributed by atoms with Gasteiger partial charge in [0, 0.05) is 18.3 Å². The van der Waals surface area contributed by atoms with Gasteiger partial charge in [-0.3, -0.25) is 4.68 Å². The lowest BCUT2D eigenvalue weighted by atomic mass is 10.1. The van der Waals surface area contributed by atoms with Gasteiger partial charge in [-0.05, 0) is 20.8 Å². The van der Waals surface area contributed by atoms with Crippen LogP contribution in [0.4, 0.5) is 8.78 Å². The topological polar surface area (TPSA) is 29.9 Å². The average Bonchev–Trinajstić information content (AvgIpc) is 2.51. The van der Waals surface area contributed by atoms with Crippen LogP contribution in [0, 0.1) is 0 Å². The highest BCUT2D eigenvalue weighted by Crippen LogP contribution is 2.12. The molecule has 1 rings (SSSR count). The van der Waals surface area contributed by atoms with E-state index in [1.807, 2.05) is 31.6 Å². The van der Waals surface area contributed by atoms with Crippen LogP contribution in [0.15, 0.2) is 12.4 Å². The number of alkyl halides is 2. The third-order valence-electron chi connectivity index (χ3n) is 1.95. The van der Waals surface area contributed by atoms with E-state index in [9.17, 15) is 8.78 Å². The molecule has 0 aliphatic heterocycles. The van der Waals surface area contributed by atoms with Crippen molar-refractivity contribution in [3.05, 3.63) is 18.0 Å². The molecule has 1 aromatic heterocycles. The maximum atomic E-state index is 11.8. The zero-order valence-corrected chi connectivity index (χ0v) is 9.30. The first-order valence-corrected chi connectivity index (χ1v) is 4.92. The van der Waals surface area contributed by atoms with Crippen LogP contribution in [-0.2, 0) is 12.1 Å². The third kappa shape index (κ3) is 3.95. The number of rotatable bonds is 4. The molecular formula is C10H17F2N3. The van der Waals surface area contributed by atoms with Gasteiger partial charge in [-0.2, -0.15) is 5.10 Å². The van der Waals surface area contributed by atoms with Gasteiger partial charge in [0.1, 0.15) is 0 Å². The fraction of sp³-hybridized carbons (Fsp3) is 0.700. The fourth-order valence-corrected chi connectivity index (χ4v) is 1.14. The molecule has 15 heavy (non-hydrogen) atoms. The number of hydrogen-bond donors (Lipinski definition) is 1. The van der Waals surface area contributed by atoms with Gasteiger partial charge in [-0.15, -0.1) is 0 Å². The smallest absolute Gasteiger partial charge is 0.250 e. The zero-order chi connectivity index (χ0) is 11.5. The van der Waals surface area contributed by atoms with Gasteiger partial charge in [-0.1, -0.05) is 0 Å². The number of nitrogens with one attached hydrogen (secondary N) is 1. The molecule has 86 valence electrons. The molecule has 1 heterocycles. The van der Waals surface area contributed by atoms with Gasteiger partial charge in [0.05, 0.1) is 18.3 Å². The van der Waals surface area contributed by atoms with Crippen LogP contribution in [-0.4, -0.2) is 22.8 Å². The van der Waals surface area contributed by atoms with E-state index in [0.717, 1.165) is 5.56 Å². The maximum absolute atomic E-state index is 11.8. The summed E-state index contributed by atoms with van der Waals surface area (Å²) in [5.41, 5.74) is 0.853. The Hall–Kier alpha value is -0.970. The highest BCUT2D eigenvalue weighted by molar-refractivity contribution is 5.04. The van der Waals surface area contributed by atoms with Crippen LogP contribution in [0.2, 0.25) is 0 Å². The monoisotopic (exact) mass is 217 g/mol. The normalized spacial score (nSPS) is 12.4. The summed E-state index contributed by atoms with van der Waals surface area (Å²) in [6.07, 6.45) is 1.27. The third-order valence-corrected chi connectivity index (χ3v) is 1.95. The molecule has 0 aliphatic rings. The summed E-state index contributed by atoms with van der Waals surface area (Å²) in [6, 6.07) is 0. The molecule has 0 spiro atoms. The molecule has 0 radical (unpaired) electrons. The lowest BCUT2D eigenvalue weighted by Gasteiger charge is -2.18. The van der Waals surface area contributed by atoms with Crippen LogP contribution in [0.5, 0.6) is 0 Å². The molecule has 0 saturated carbocycles. The van der Waals surface area contributed by atoms with Crippen LogP contribution in [0.1, 0.15) is 26.3 Å². The SMILES string of the molecule is CC(C)(C)n1cc(CNCC(F)F)cn1. The van der Waals surface area contributed by atoms with E-state index < -0.39 is 6.43 Å². The van der Waals surface area contributed by atoms with E-state index in [1.165, 1.54) is 0 Å². The Bertz CT molecular complexity index is 302. The number of nitrogens with zero attached hydrogens (tertiary/aromatic N) is 2. The standard InChI is InChI=1S/C10H17F2N3/c1-10(2,3)15-7-8(5-14-15)4-13-6-9(11)12/h5,7,9,13H,4,6H2,1-3H3. The molecule has 0 saturated heterocycles. The first kappa shape index (κ1) is 12.1. The van der Waals surface area contributed by atoms with Crippen molar-refractivity contribution in [1.82, 2.24) is 15.1 Å². The zero-order valence-electron chi connectivity index (χ0n) is 9.30. The Balaban J connectivity index is 2.47. The lowest BCUT2D eigenvalue weighted by molar-refractivity contribution is 0.145. The molecule has 0 aliphatic carbocycles. The minimum atomic E-state index is -2.30. The predicted molar refractivity (Wildman–Crippen MR) is 54.9 cm³/mol. The summed E-state index contributed by atoms with van der Waals surface area (Å²) >= 11 is 0. The fourth-order valence-electron chi connectivity index (χ4n) is 1.14. The second-order valence-electron chi connectivity index (χ2n) is 4.49. The van der Waals surface area contributed by atoms with Crippen LogP contribution >= 0.6 is 0 Å². The van der Waals surface area contributed by atoms with Crippen molar-refractivity contribution in [3.63, 3.8) is 0 Å². The van der Waals surface area contributed by atoms with Gasteiger partial charge < -0.3 is 5.32 Å². The van der Waals surface area contributed by atoms with Crippen molar-refractivity contribution in [1.29, 1.82) is 0 Å². The highest BCUT2D eigenvalue weighted by Gasteiger charge is 2.13. The molecule has 5 heteroatoms. The maximum Gasteiger partial charge on any atom is 0.250 e. The number of halogens is 2. The van der Waals surface area contributed by atoms with Crippen molar-refractivity contribution < 1.29 is 8.78 Å². The second kappa shape index (κ2) is 4.70. The van der Waals surface area contributed by atoms with Gasteiger partial charge in [0.2, 0.25) is 0 Å². The molecule has 0 atom stereocenters. The van der Waals surface area contributed by atoms with Gasteiger partial charge in [0.15, 0.2) is 0 Å². The van der Waals surface area contributed by atoms with Gasteiger partial charge in [0.25, 0.3) is 6.43 Å². The summed E-state index contributed by atoms with van der Waals surface area (Å²) in [5, 5.41) is 6.84. The predicted octanol–water partition coefficient (Wildman–Crippen LogP) is 1.99. The Kier molecular flexibility index (Phi) is 3.79. The van der Waals surface area contributed by atoms with E-state index in [2.05, 4.69) is 10.4 Å². The Labute approximate surface area is 88.5 Å². The van der Waals surface area contributed by atoms with Gasteiger partial charge >= 0.3 is 0 Å². The van der Waals surface area contributed by atoms with E-state index in [0.29, 0.717) is 6.54 Å². The van der Waals surface area contributed by atoms with Crippen molar-refractivity contribution >= 4 is 0 Å². The minimum absolute atomic E-state index is 0.0685. The Morgan fingerprint density at radius 1 is 1.47 bits per heavy atom. The summed E-state index contributed by atoms with van der Waals surface area (Å²) in [5.74, 6) is 0. The van der Waals surface area contributed by atoms with Crippen LogP contribution in [0.3, 0.4) is 0 Å². The highest BCUT2D eigenvalue weighted by atomic mass is 19.3. The van der Waals surface area contributed by atoms with Crippen molar-refractivity contribution in [2.45, 2.75) is 39.3 Å². The molecule has 3 nitrogen and oxygen atoms in total. The van der Waals surface area contributed by atoms with Crippen molar-refractivity contribution in [3.8, 4) is 0 Å². The molecule has 1 aromatic rings. The Morgan fingerprint density at radius 3 is 2.60 bits per heavy atom. The van der Waals surface area contributed by atoms with E-state index in [4.69, 9.17) is 0 Å². The summed E-state index contributed by atoms with van der Waals surface area (Å²) in [6.45, 7) is 6.27. The lowest BCUT2D eigenvalue weighted by Crippen LogP contribution is -2.22. The minimum Gasteiger partial charge on any atom is -0.307 e. The molecule has 0 unspecified atom stereocenters. The van der Waals surface area contributed by atoms with Gasteiger partial charge in [-0.25, -0.2) is 8.78 Å². The largest absolute Gasteiger partial charge is 0.307 e. The summed E-state index contributed by atoms with van der Waals surface area (Å²) < 4.78 is 25.5. The van der Waals surface area contributed by atoms with Crippen LogP contribution < -0.4 is 5.32 Å². The second-order valence-corrected chi connectivity index (χ2v) is 4.49. The molecule has 0 bridgehead atoms. The first-order valence-electron chi connectivity index (χ1n) is 4.92. The van der Waals surface area contributed by atoms with E-state index >= 15 is 0 Å². The first-order chi connectivity index (χ1) is 6.89. The summed E-state index contributed by atoms with van der Waals surface area (Å²) in [4.78, 5) is 0. The van der Waals surface area contributed by atoms with Crippen LogP contribution in [0.25, 0.3) is 0 Å². The molecule has 0 aromatic carbocycles. The molecule has 0 fully saturated rings. The number of aromatic nitrogens is 2. The Morgan fingerprint density at radius 2 is 2.13 bits per heavy atom.